The lowest BCUT2D eigenvalue weighted by Crippen LogP contribution is -2.27. The Balaban J connectivity index is 3.11. The van der Waals surface area contributed by atoms with Crippen molar-refractivity contribution in [1.29, 1.82) is 0 Å². The molecule has 0 spiro atoms. The number of hydrogen-bond acceptors (Lipinski definition) is 5. The van der Waals surface area contributed by atoms with Gasteiger partial charge in [-0.05, 0) is 31.7 Å². The van der Waals surface area contributed by atoms with Crippen LogP contribution in [0.25, 0.3) is 0 Å². The zero-order valence-electron chi connectivity index (χ0n) is 12.1. The minimum Gasteiger partial charge on any atom is -0.399 e. The molecule has 114 valence electrons. The largest absolute Gasteiger partial charge is 0.399 e. The van der Waals surface area contributed by atoms with Crippen molar-refractivity contribution in [3.63, 3.8) is 0 Å². The average molecular weight is 301 g/mol. The van der Waals surface area contributed by atoms with Crippen LogP contribution in [0.2, 0.25) is 0 Å². The Bertz CT molecular complexity index is 526. The summed E-state index contributed by atoms with van der Waals surface area (Å²) in [5.74, 6) is 0. The summed E-state index contributed by atoms with van der Waals surface area (Å²) in [7, 11) is -0.561. The SMILES string of the molecule is CCCC(COC)Nc1ccc(N)cc1S(=O)(=O)NC. The second-order valence-corrected chi connectivity index (χ2v) is 6.40. The predicted octanol–water partition coefficient (Wildman–Crippen LogP) is 1.40. The van der Waals surface area contributed by atoms with Gasteiger partial charge in [0.2, 0.25) is 10.0 Å². The van der Waals surface area contributed by atoms with E-state index in [9.17, 15) is 8.42 Å². The smallest absolute Gasteiger partial charge is 0.242 e. The number of rotatable bonds is 8. The fourth-order valence-electron chi connectivity index (χ4n) is 1.96. The zero-order chi connectivity index (χ0) is 15.2. The van der Waals surface area contributed by atoms with Gasteiger partial charge in [0.1, 0.15) is 4.90 Å². The van der Waals surface area contributed by atoms with Crippen LogP contribution in [0.3, 0.4) is 0 Å². The minimum atomic E-state index is -3.56. The molecule has 1 aromatic carbocycles. The molecule has 1 atom stereocenters. The molecule has 4 N–H and O–H groups in total. The van der Waals surface area contributed by atoms with E-state index < -0.39 is 10.0 Å². The summed E-state index contributed by atoms with van der Waals surface area (Å²) in [6, 6.07) is 4.86. The van der Waals surface area contributed by atoms with E-state index >= 15 is 0 Å². The van der Waals surface area contributed by atoms with E-state index in [1.165, 1.54) is 13.1 Å². The van der Waals surface area contributed by atoms with Crippen molar-refractivity contribution in [3.8, 4) is 0 Å². The van der Waals surface area contributed by atoms with Crippen molar-refractivity contribution in [2.24, 2.45) is 0 Å². The minimum absolute atomic E-state index is 0.0550. The number of nitrogen functional groups attached to an aromatic ring is 1. The third-order valence-corrected chi connectivity index (χ3v) is 4.38. The number of anilines is 2. The highest BCUT2D eigenvalue weighted by molar-refractivity contribution is 7.89. The van der Waals surface area contributed by atoms with Crippen LogP contribution < -0.4 is 15.8 Å². The van der Waals surface area contributed by atoms with Crippen molar-refractivity contribution < 1.29 is 13.2 Å². The van der Waals surface area contributed by atoms with Crippen LogP contribution in [-0.2, 0) is 14.8 Å². The molecule has 0 saturated heterocycles. The summed E-state index contributed by atoms with van der Waals surface area (Å²) in [4.78, 5) is 0.150. The number of ether oxygens (including phenoxy) is 1. The van der Waals surface area contributed by atoms with E-state index in [2.05, 4.69) is 17.0 Å². The molecule has 1 rings (SSSR count). The van der Waals surface area contributed by atoms with Crippen LogP contribution in [0.5, 0.6) is 0 Å². The summed E-state index contributed by atoms with van der Waals surface area (Å²) in [6.07, 6.45) is 1.86. The van der Waals surface area contributed by atoms with Gasteiger partial charge in [-0.2, -0.15) is 0 Å². The van der Waals surface area contributed by atoms with Crippen molar-refractivity contribution in [3.05, 3.63) is 18.2 Å². The first kappa shape index (κ1) is 16.7. The van der Waals surface area contributed by atoms with E-state index in [-0.39, 0.29) is 10.9 Å². The van der Waals surface area contributed by atoms with Crippen molar-refractivity contribution >= 4 is 21.4 Å². The van der Waals surface area contributed by atoms with Crippen LogP contribution in [0, 0.1) is 0 Å². The van der Waals surface area contributed by atoms with E-state index in [0.717, 1.165) is 12.8 Å². The molecular formula is C13H23N3O3S. The Kier molecular flexibility index (Phi) is 6.25. The number of sulfonamides is 1. The lowest BCUT2D eigenvalue weighted by atomic mass is 10.1. The molecule has 0 aliphatic carbocycles. The van der Waals surface area contributed by atoms with Crippen LogP contribution >= 0.6 is 0 Å². The van der Waals surface area contributed by atoms with Gasteiger partial charge in [-0.3, -0.25) is 0 Å². The molecule has 1 aromatic rings. The lowest BCUT2D eigenvalue weighted by molar-refractivity contribution is 0.182. The van der Waals surface area contributed by atoms with E-state index in [1.807, 2.05) is 0 Å². The Morgan fingerprint density at radius 2 is 2.10 bits per heavy atom. The average Bonchev–Trinajstić information content (AvgIpc) is 2.41. The first-order chi connectivity index (χ1) is 9.44. The van der Waals surface area contributed by atoms with Gasteiger partial charge in [0.05, 0.1) is 12.3 Å². The van der Waals surface area contributed by atoms with E-state index in [0.29, 0.717) is 18.0 Å². The molecule has 20 heavy (non-hydrogen) atoms. The Labute approximate surface area is 120 Å². The second-order valence-electron chi connectivity index (χ2n) is 4.55. The molecule has 7 heteroatoms. The molecule has 0 aromatic heterocycles. The van der Waals surface area contributed by atoms with E-state index in [1.54, 1.807) is 19.2 Å². The monoisotopic (exact) mass is 301 g/mol. The highest BCUT2D eigenvalue weighted by atomic mass is 32.2. The number of methoxy groups -OCH3 is 1. The lowest BCUT2D eigenvalue weighted by Gasteiger charge is -2.20. The predicted molar refractivity (Wildman–Crippen MR) is 81.3 cm³/mol. The van der Waals surface area contributed by atoms with Gasteiger partial charge in [-0.25, -0.2) is 13.1 Å². The normalized spacial score (nSPS) is 13.2. The third-order valence-electron chi connectivity index (χ3n) is 2.93. The van der Waals surface area contributed by atoms with E-state index in [4.69, 9.17) is 10.5 Å². The zero-order valence-corrected chi connectivity index (χ0v) is 13.0. The molecule has 0 aliphatic rings. The third kappa shape index (κ3) is 4.36. The standard InChI is InChI=1S/C13H23N3O3S/c1-4-5-11(9-19-3)16-12-7-6-10(14)8-13(12)20(17,18)15-2/h6-8,11,15-16H,4-5,9,14H2,1-3H3. The Morgan fingerprint density at radius 3 is 2.65 bits per heavy atom. The quantitative estimate of drug-likeness (QED) is 0.631. The number of nitrogens with two attached hydrogens (primary N) is 1. The summed E-state index contributed by atoms with van der Waals surface area (Å²) in [5.41, 5.74) is 6.62. The molecule has 0 aliphatic heterocycles. The molecule has 0 bridgehead atoms. The van der Waals surface area contributed by atoms with Gasteiger partial charge in [0, 0.05) is 18.8 Å². The fourth-order valence-corrected chi connectivity index (χ4v) is 2.88. The molecule has 0 heterocycles. The molecular weight excluding hydrogens is 278 g/mol. The van der Waals surface area contributed by atoms with Crippen LogP contribution in [0.4, 0.5) is 11.4 Å². The van der Waals surface area contributed by atoms with Gasteiger partial charge in [0.25, 0.3) is 0 Å². The van der Waals surface area contributed by atoms with Gasteiger partial charge in [-0.1, -0.05) is 13.3 Å². The van der Waals surface area contributed by atoms with Gasteiger partial charge in [0.15, 0.2) is 0 Å². The first-order valence-corrected chi connectivity index (χ1v) is 8.01. The maximum absolute atomic E-state index is 12.0. The number of nitrogens with one attached hydrogen (secondary N) is 2. The van der Waals surface area contributed by atoms with Crippen molar-refractivity contribution in [2.75, 3.05) is 31.8 Å². The molecule has 0 radical (unpaired) electrons. The summed E-state index contributed by atoms with van der Waals surface area (Å²) < 4.78 is 31.5. The second kappa shape index (κ2) is 7.47. The van der Waals surface area contributed by atoms with Gasteiger partial charge >= 0.3 is 0 Å². The highest BCUT2D eigenvalue weighted by Crippen LogP contribution is 2.25. The number of benzene rings is 1. The highest BCUT2D eigenvalue weighted by Gasteiger charge is 2.19. The van der Waals surface area contributed by atoms with Gasteiger partial charge < -0.3 is 15.8 Å². The van der Waals surface area contributed by atoms with Crippen LogP contribution in [0.15, 0.2) is 23.1 Å². The Morgan fingerprint density at radius 1 is 1.40 bits per heavy atom. The molecule has 0 saturated carbocycles. The number of hydrogen-bond donors (Lipinski definition) is 3. The molecule has 1 unspecified atom stereocenters. The van der Waals surface area contributed by atoms with Crippen molar-refractivity contribution in [1.82, 2.24) is 4.72 Å². The summed E-state index contributed by atoms with van der Waals surface area (Å²) >= 11 is 0. The topological polar surface area (TPSA) is 93.4 Å². The molecule has 0 fully saturated rings. The van der Waals surface area contributed by atoms with Gasteiger partial charge in [-0.15, -0.1) is 0 Å². The fraction of sp³-hybridized carbons (Fsp3) is 0.538. The maximum atomic E-state index is 12.0. The Hall–Kier alpha value is -1.31. The summed E-state index contributed by atoms with van der Waals surface area (Å²) in [5, 5.41) is 3.22. The molecule has 0 amide bonds. The summed E-state index contributed by atoms with van der Waals surface area (Å²) in [6.45, 7) is 2.58. The van der Waals surface area contributed by atoms with Crippen LogP contribution in [0.1, 0.15) is 19.8 Å². The van der Waals surface area contributed by atoms with Crippen LogP contribution in [-0.4, -0.2) is 35.2 Å². The maximum Gasteiger partial charge on any atom is 0.242 e. The van der Waals surface area contributed by atoms with Crippen molar-refractivity contribution in [2.45, 2.75) is 30.7 Å². The molecule has 6 nitrogen and oxygen atoms in total. The first-order valence-electron chi connectivity index (χ1n) is 6.53.